The highest BCUT2D eigenvalue weighted by Gasteiger charge is 2.14. The highest BCUT2D eigenvalue weighted by atomic mass is 127. The van der Waals surface area contributed by atoms with Gasteiger partial charge in [-0.25, -0.2) is 9.97 Å². The molecule has 0 bridgehead atoms. The Hall–Kier alpha value is -0.880. The van der Waals surface area contributed by atoms with Gasteiger partial charge in [0.25, 0.3) is 0 Å². The van der Waals surface area contributed by atoms with Crippen molar-refractivity contribution in [1.82, 2.24) is 9.97 Å². The summed E-state index contributed by atoms with van der Waals surface area (Å²) < 4.78 is 0.924. The van der Waals surface area contributed by atoms with Crippen LogP contribution in [0.1, 0.15) is 25.5 Å². The zero-order chi connectivity index (χ0) is 13.3. The minimum absolute atomic E-state index is 0.306. The highest BCUT2D eigenvalue weighted by molar-refractivity contribution is 14.1. The molecular weight excluding hydrogens is 361 g/mol. The molecule has 0 aliphatic rings. The summed E-state index contributed by atoms with van der Waals surface area (Å²) in [6.45, 7) is 4.18. The van der Waals surface area contributed by atoms with Crippen molar-refractivity contribution < 1.29 is 0 Å². The van der Waals surface area contributed by atoms with Gasteiger partial charge in [0.05, 0.1) is 9.26 Å². The molecule has 94 valence electrons. The molecule has 0 saturated heterocycles. The zero-order valence-electron chi connectivity index (χ0n) is 10.1. The first-order chi connectivity index (χ1) is 8.49. The third-order valence-corrected chi connectivity index (χ3v) is 3.87. The van der Waals surface area contributed by atoms with E-state index in [1.54, 1.807) is 0 Å². The number of anilines is 1. The van der Waals surface area contributed by atoms with E-state index in [4.69, 9.17) is 17.3 Å². The number of nitrogens with two attached hydrogens (primary N) is 1. The van der Waals surface area contributed by atoms with Gasteiger partial charge in [-0.1, -0.05) is 37.6 Å². The molecule has 0 spiro atoms. The number of aromatic nitrogens is 2. The van der Waals surface area contributed by atoms with Crippen molar-refractivity contribution in [1.29, 1.82) is 0 Å². The zero-order valence-corrected chi connectivity index (χ0v) is 13.0. The number of nitrogen functional groups attached to an aromatic ring is 1. The number of benzene rings is 1. The molecule has 2 rings (SSSR count). The van der Waals surface area contributed by atoms with Crippen LogP contribution in [0.2, 0.25) is 5.02 Å². The van der Waals surface area contributed by atoms with Crippen LogP contribution in [0.25, 0.3) is 11.4 Å². The van der Waals surface area contributed by atoms with Crippen molar-refractivity contribution in [3.63, 3.8) is 0 Å². The lowest BCUT2D eigenvalue weighted by atomic mass is 10.1. The number of rotatable bonds is 2. The number of hydrogen-bond donors (Lipinski definition) is 1. The maximum atomic E-state index is 5.98. The molecule has 3 nitrogen and oxygen atoms in total. The lowest BCUT2D eigenvalue weighted by Crippen LogP contribution is -2.06. The van der Waals surface area contributed by atoms with E-state index in [2.05, 4.69) is 46.4 Å². The molecule has 0 amide bonds. The summed E-state index contributed by atoms with van der Waals surface area (Å²) in [7, 11) is 0. The summed E-state index contributed by atoms with van der Waals surface area (Å²) in [5.74, 6) is 1.45. The van der Waals surface area contributed by atoms with E-state index in [1.807, 2.05) is 24.3 Å². The van der Waals surface area contributed by atoms with Gasteiger partial charge in [0, 0.05) is 10.6 Å². The second-order valence-corrected chi connectivity index (χ2v) is 5.81. The van der Waals surface area contributed by atoms with E-state index < -0.39 is 0 Å². The smallest absolute Gasteiger partial charge is 0.161 e. The maximum absolute atomic E-state index is 5.98. The number of hydrogen-bond acceptors (Lipinski definition) is 3. The SMILES string of the molecule is CC(C)c1nc(-c2cccc(Cl)c2)nc(N)c1I. The summed E-state index contributed by atoms with van der Waals surface area (Å²) in [6.07, 6.45) is 0. The maximum Gasteiger partial charge on any atom is 0.161 e. The second kappa shape index (κ2) is 5.40. The minimum Gasteiger partial charge on any atom is -0.383 e. The largest absolute Gasteiger partial charge is 0.383 e. The molecule has 2 aromatic rings. The van der Waals surface area contributed by atoms with Gasteiger partial charge in [-0.3, -0.25) is 0 Å². The highest BCUT2D eigenvalue weighted by Crippen LogP contribution is 2.27. The van der Waals surface area contributed by atoms with Crippen LogP contribution in [-0.2, 0) is 0 Å². The molecule has 0 saturated carbocycles. The average molecular weight is 374 g/mol. The summed E-state index contributed by atoms with van der Waals surface area (Å²) in [4.78, 5) is 8.91. The molecule has 0 aliphatic heterocycles. The molecule has 1 aromatic heterocycles. The summed E-state index contributed by atoms with van der Waals surface area (Å²) in [5, 5.41) is 0.666. The monoisotopic (exact) mass is 373 g/mol. The Bertz CT molecular complexity index is 584. The van der Waals surface area contributed by atoms with Gasteiger partial charge < -0.3 is 5.73 Å². The molecule has 0 atom stereocenters. The Balaban J connectivity index is 2.59. The molecule has 5 heteroatoms. The first kappa shape index (κ1) is 13.5. The van der Waals surface area contributed by atoms with Crippen LogP contribution in [0.4, 0.5) is 5.82 Å². The van der Waals surface area contributed by atoms with Crippen molar-refractivity contribution in [2.24, 2.45) is 0 Å². The van der Waals surface area contributed by atoms with E-state index >= 15 is 0 Å². The summed E-state index contributed by atoms with van der Waals surface area (Å²) in [6, 6.07) is 7.47. The quantitative estimate of drug-likeness (QED) is 0.806. The Kier molecular flexibility index (Phi) is 4.07. The Labute approximate surface area is 125 Å². The first-order valence-corrected chi connectivity index (χ1v) is 7.03. The number of nitrogens with zero attached hydrogens (tertiary/aromatic N) is 2. The van der Waals surface area contributed by atoms with Gasteiger partial charge in [-0.15, -0.1) is 0 Å². The molecule has 1 aromatic carbocycles. The van der Waals surface area contributed by atoms with E-state index in [0.717, 1.165) is 14.8 Å². The molecule has 1 heterocycles. The topological polar surface area (TPSA) is 51.8 Å². The lowest BCUT2D eigenvalue weighted by molar-refractivity contribution is 0.810. The fraction of sp³-hybridized carbons (Fsp3) is 0.231. The molecule has 0 unspecified atom stereocenters. The van der Waals surface area contributed by atoms with Crippen LogP contribution in [-0.4, -0.2) is 9.97 Å². The van der Waals surface area contributed by atoms with Gasteiger partial charge in [0.2, 0.25) is 0 Å². The molecule has 18 heavy (non-hydrogen) atoms. The molecule has 2 N–H and O–H groups in total. The lowest BCUT2D eigenvalue weighted by Gasteiger charge is -2.11. The van der Waals surface area contributed by atoms with Gasteiger partial charge in [0.1, 0.15) is 5.82 Å². The molecule has 0 fully saturated rings. The van der Waals surface area contributed by atoms with Crippen molar-refractivity contribution >= 4 is 40.0 Å². The summed E-state index contributed by atoms with van der Waals surface area (Å²) in [5.41, 5.74) is 7.80. The van der Waals surface area contributed by atoms with Crippen molar-refractivity contribution in [2.75, 3.05) is 5.73 Å². The van der Waals surface area contributed by atoms with E-state index in [9.17, 15) is 0 Å². The van der Waals surface area contributed by atoms with Gasteiger partial charge in [-0.2, -0.15) is 0 Å². The minimum atomic E-state index is 0.306. The van der Waals surface area contributed by atoms with E-state index in [-0.39, 0.29) is 0 Å². The van der Waals surface area contributed by atoms with Crippen LogP contribution in [0, 0.1) is 3.57 Å². The van der Waals surface area contributed by atoms with E-state index in [0.29, 0.717) is 22.6 Å². The van der Waals surface area contributed by atoms with Gasteiger partial charge >= 0.3 is 0 Å². The third kappa shape index (κ3) is 2.75. The van der Waals surface area contributed by atoms with Gasteiger partial charge in [-0.05, 0) is 40.6 Å². The Morgan fingerprint density at radius 2 is 2.00 bits per heavy atom. The predicted octanol–water partition coefficient (Wildman–Crippen LogP) is 4.11. The van der Waals surface area contributed by atoms with Crippen LogP contribution in [0.3, 0.4) is 0 Å². The third-order valence-electron chi connectivity index (χ3n) is 2.53. The van der Waals surface area contributed by atoms with Crippen LogP contribution >= 0.6 is 34.2 Å². The van der Waals surface area contributed by atoms with Crippen LogP contribution in [0.15, 0.2) is 24.3 Å². The predicted molar refractivity (Wildman–Crippen MR) is 83.7 cm³/mol. The van der Waals surface area contributed by atoms with Gasteiger partial charge in [0.15, 0.2) is 5.82 Å². The van der Waals surface area contributed by atoms with E-state index in [1.165, 1.54) is 0 Å². The first-order valence-electron chi connectivity index (χ1n) is 5.58. The Morgan fingerprint density at radius 1 is 1.28 bits per heavy atom. The fourth-order valence-electron chi connectivity index (χ4n) is 1.62. The number of halogens is 2. The molecule has 0 radical (unpaired) electrons. The molecule has 0 aliphatic carbocycles. The van der Waals surface area contributed by atoms with Crippen LogP contribution in [0.5, 0.6) is 0 Å². The normalized spacial score (nSPS) is 10.9. The standard InChI is InChI=1S/C13H13ClIN3/c1-7(2)11-10(15)12(16)18-13(17-11)8-4-3-5-9(14)6-8/h3-7H,1-2H3,(H2,16,17,18). The fourth-order valence-corrected chi connectivity index (χ4v) is 2.68. The second-order valence-electron chi connectivity index (χ2n) is 4.30. The average Bonchev–Trinajstić information content (AvgIpc) is 2.32. The van der Waals surface area contributed by atoms with Crippen molar-refractivity contribution in [2.45, 2.75) is 19.8 Å². The van der Waals surface area contributed by atoms with Crippen molar-refractivity contribution in [3.8, 4) is 11.4 Å². The van der Waals surface area contributed by atoms with Crippen molar-refractivity contribution in [3.05, 3.63) is 38.6 Å². The summed E-state index contributed by atoms with van der Waals surface area (Å²) >= 11 is 8.17. The molecular formula is C13H13ClIN3. The van der Waals surface area contributed by atoms with Crippen LogP contribution < -0.4 is 5.73 Å². The Morgan fingerprint density at radius 3 is 2.61 bits per heavy atom.